The number of halogens is 1. The van der Waals surface area contributed by atoms with E-state index in [0.29, 0.717) is 11.8 Å². The van der Waals surface area contributed by atoms with E-state index >= 15 is 0 Å². The first-order valence-electron chi connectivity index (χ1n) is 5.83. The van der Waals surface area contributed by atoms with Crippen LogP contribution in [-0.4, -0.2) is 17.7 Å². The molecule has 1 atom stereocenters. The molecule has 17 heavy (non-hydrogen) atoms. The summed E-state index contributed by atoms with van der Waals surface area (Å²) in [5.41, 5.74) is 0. The van der Waals surface area contributed by atoms with Crippen LogP contribution in [0.15, 0.2) is 33.6 Å². The summed E-state index contributed by atoms with van der Waals surface area (Å²) in [5, 5.41) is 3.05. The highest BCUT2D eigenvalue weighted by Crippen LogP contribution is 2.32. The molecular weight excluding hydrogens is 298 g/mol. The fourth-order valence-corrected chi connectivity index (χ4v) is 2.66. The van der Waals surface area contributed by atoms with Gasteiger partial charge >= 0.3 is 0 Å². The minimum Gasteiger partial charge on any atom is -0.353 e. The van der Waals surface area contributed by atoms with Gasteiger partial charge in [0.25, 0.3) is 0 Å². The first-order valence-corrected chi connectivity index (χ1v) is 7.61. The van der Waals surface area contributed by atoms with Crippen LogP contribution in [0.25, 0.3) is 0 Å². The standard InChI is InChI=1S/C13H16BrNOS/c1-9(10-2-3-10)15-13(16)8-17-12-6-4-11(14)5-7-12/h4-7,9-10H,2-3,8H2,1H3,(H,15,16). The third-order valence-electron chi connectivity index (χ3n) is 2.90. The third-order valence-corrected chi connectivity index (χ3v) is 4.44. The maximum atomic E-state index is 11.7. The minimum atomic E-state index is 0.136. The van der Waals surface area contributed by atoms with E-state index in [1.807, 2.05) is 24.3 Å². The zero-order valence-electron chi connectivity index (χ0n) is 9.78. The normalized spacial score (nSPS) is 16.6. The fourth-order valence-electron chi connectivity index (χ4n) is 1.69. The van der Waals surface area contributed by atoms with Crippen molar-refractivity contribution in [1.82, 2.24) is 5.32 Å². The van der Waals surface area contributed by atoms with Gasteiger partial charge in [-0.15, -0.1) is 11.8 Å². The molecule has 2 nitrogen and oxygen atoms in total. The van der Waals surface area contributed by atoms with Crippen molar-refractivity contribution in [3.8, 4) is 0 Å². The zero-order chi connectivity index (χ0) is 12.3. The molecule has 1 unspecified atom stereocenters. The van der Waals surface area contributed by atoms with E-state index < -0.39 is 0 Å². The molecule has 4 heteroatoms. The van der Waals surface area contributed by atoms with Crippen molar-refractivity contribution in [2.75, 3.05) is 5.75 Å². The van der Waals surface area contributed by atoms with Crippen LogP contribution in [0.5, 0.6) is 0 Å². The molecule has 0 spiro atoms. The molecule has 1 N–H and O–H groups in total. The Morgan fingerprint density at radius 2 is 2.12 bits per heavy atom. The van der Waals surface area contributed by atoms with Crippen molar-refractivity contribution in [2.45, 2.75) is 30.7 Å². The van der Waals surface area contributed by atoms with Gasteiger partial charge in [-0.1, -0.05) is 15.9 Å². The number of carbonyl (C=O) groups is 1. The summed E-state index contributed by atoms with van der Waals surface area (Å²) in [6.45, 7) is 2.10. The van der Waals surface area contributed by atoms with Gasteiger partial charge in [0.05, 0.1) is 5.75 Å². The Labute approximate surface area is 115 Å². The first-order chi connectivity index (χ1) is 8.15. The quantitative estimate of drug-likeness (QED) is 0.843. The summed E-state index contributed by atoms with van der Waals surface area (Å²) in [7, 11) is 0. The summed E-state index contributed by atoms with van der Waals surface area (Å²) >= 11 is 4.97. The van der Waals surface area contributed by atoms with Crippen LogP contribution in [0.3, 0.4) is 0 Å². The van der Waals surface area contributed by atoms with Crippen molar-refractivity contribution >= 4 is 33.6 Å². The molecule has 0 aliphatic heterocycles. The zero-order valence-corrected chi connectivity index (χ0v) is 12.2. The van der Waals surface area contributed by atoms with Crippen molar-refractivity contribution in [1.29, 1.82) is 0 Å². The van der Waals surface area contributed by atoms with Gasteiger partial charge in [-0.2, -0.15) is 0 Å². The largest absolute Gasteiger partial charge is 0.353 e. The summed E-state index contributed by atoms with van der Waals surface area (Å²) in [4.78, 5) is 12.8. The van der Waals surface area contributed by atoms with Gasteiger partial charge in [0.1, 0.15) is 0 Å². The predicted molar refractivity (Wildman–Crippen MR) is 75.2 cm³/mol. The number of carbonyl (C=O) groups excluding carboxylic acids is 1. The molecule has 0 saturated heterocycles. The molecule has 1 aromatic carbocycles. The van der Waals surface area contributed by atoms with Gasteiger partial charge in [0.15, 0.2) is 0 Å². The monoisotopic (exact) mass is 313 g/mol. The van der Waals surface area contributed by atoms with E-state index in [-0.39, 0.29) is 5.91 Å². The van der Waals surface area contributed by atoms with Gasteiger partial charge in [0, 0.05) is 15.4 Å². The number of thioether (sulfide) groups is 1. The molecule has 1 aliphatic rings. The Hall–Kier alpha value is -0.480. The molecule has 0 radical (unpaired) electrons. The number of amides is 1. The second-order valence-corrected chi connectivity index (χ2v) is 6.40. The lowest BCUT2D eigenvalue weighted by Crippen LogP contribution is -2.35. The minimum absolute atomic E-state index is 0.136. The summed E-state index contributed by atoms with van der Waals surface area (Å²) < 4.78 is 1.06. The van der Waals surface area contributed by atoms with Crippen LogP contribution in [0.1, 0.15) is 19.8 Å². The van der Waals surface area contributed by atoms with E-state index in [2.05, 4.69) is 28.2 Å². The lowest BCUT2D eigenvalue weighted by atomic mass is 10.2. The smallest absolute Gasteiger partial charge is 0.230 e. The van der Waals surface area contributed by atoms with Crippen LogP contribution < -0.4 is 5.32 Å². The molecule has 92 valence electrons. The third kappa shape index (κ3) is 4.36. The average Bonchev–Trinajstić information content (AvgIpc) is 3.12. The lowest BCUT2D eigenvalue weighted by Gasteiger charge is -2.12. The van der Waals surface area contributed by atoms with Crippen LogP contribution in [-0.2, 0) is 4.79 Å². The van der Waals surface area contributed by atoms with Crippen LogP contribution >= 0.6 is 27.7 Å². The Kier molecular flexibility index (Phi) is 4.51. The first kappa shape index (κ1) is 13.0. The van der Waals surface area contributed by atoms with Gasteiger partial charge in [0.2, 0.25) is 5.91 Å². The van der Waals surface area contributed by atoms with Gasteiger partial charge in [-0.25, -0.2) is 0 Å². The van der Waals surface area contributed by atoms with Gasteiger partial charge < -0.3 is 5.32 Å². The van der Waals surface area contributed by atoms with Crippen molar-refractivity contribution < 1.29 is 4.79 Å². The number of nitrogens with one attached hydrogen (secondary N) is 1. The summed E-state index contributed by atoms with van der Waals surface area (Å²) in [6, 6.07) is 8.37. The summed E-state index contributed by atoms with van der Waals surface area (Å²) in [6.07, 6.45) is 2.53. The second-order valence-electron chi connectivity index (χ2n) is 4.44. The molecule has 0 heterocycles. The molecular formula is C13H16BrNOS. The number of benzene rings is 1. The molecule has 1 fully saturated rings. The average molecular weight is 314 g/mol. The van der Waals surface area contributed by atoms with E-state index in [9.17, 15) is 4.79 Å². The van der Waals surface area contributed by atoms with Crippen molar-refractivity contribution in [3.05, 3.63) is 28.7 Å². The van der Waals surface area contributed by atoms with E-state index in [1.165, 1.54) is 12.8 Å². The van der Waals surface area contributed by atoms with Crippen LogP contribution in [0, 0.1) is 5.92 Å². The Bertz CT molecular complexity index is 389. The molecule has 1 amide bonds. The highest BCUT2D eigenvalue weighted by molar-refractivity contribution is 9.10. The fraction of sp³-hybridized carbons (Fsp3) is 0.462. The molecule has 2 rings (SSSR count). The molecule has 1 saturated carbocycles. The lowest BCUT2D eigenvalue weighted by molar-refractivity contribution is -0.119. The van der Waals surface area contributed by atoms with Crippen molar-refractivity contribution in [3.63, 3.8) is 0 Å². The van der Waals surface area contributed by atoms with Gasteiger partial charge in [-0.05, 0) is 49.9 Å². The number of hydrogen-bond donors (Lipinski definition) is 1. The second kappa shape index (κ2) is 5.91. The van der Waals surface area contributed by atoms with E-state index in [4.69, 9.17) is 0 Å². The molecule has 1 aliphatic carbocycles. The maximum absolute atomic E-state index is 11.7. The van der Waals surface area contributed by atoms with Crippen LogP contribution in [0.2, 0.25) is 0 Å². The Morgan fingerprint density at radius 1 is 1.47 bits per heavy atom. The van der Waals surface area contributed by atoms with Gasteiger partial charge in [-0.3, -0.25) is 4.79 Å². The van der Waals surface area contributed by atoms with Crippen LogP contribution in [0.4, 0.5) is 0 Å². The van der Waals surface area contributed by atoms with E-state index in [1.54, 1.807) is 11.8 Å². The molecule has 1 aromatic rings. The Balaban J connectivity index is 1.73. The highest BCUT2D eigenvalue weighted by atomic mass is 79.9. The highest BCUT2D eigenvalue weighted by Gasteiger charge is 2.28. The van der Waals surface area contributed by atoms with Crippen molar-refractivity contribution in [2.24, 2.45) is 5.92 Å². The maximum Gasteiger partial charge on any atom is 0.230 e. The number of hydrogen-bond acceptors (Lipinski definition) is 2. The molecule has 0 bridgehead atoms. The Morgan fingerprint density at radius 3 is 2.71 bits per heavy atom. The van der Waals surface area contributed by atoms with E-state index in [0.717, 1.165) is 15.3 Å². The molecule has 0 aromatic heterocycles. The SMILES string of the molecule is CC(NC(=O)CSc1ccc(Br)cc1)C1CC1. The predicted octanol–water partition coefficient (Wildman–Crippen LogP) is 3.46. The topological polar surface area (TPSA) is 29.1 Å². The number of rotatable bonds is 5. The summed E-state index contributed by atoms with van der Waals surface area (Å²) in [5.74, 6) is 1.35.